The number of urea groups is 1. The Bertz CT molecular complexity index is 2760. The van der Waals surface area contributed by atoms with E-state index < -0.39 is 12.1 Å². The normalized spacial score (nSPS) is 16.4. The van der Waals surface area contributed by atoms with Crippen LogP contribution in [0, 0.1) is 0 Å². The van der Waals surface area contributed by atoms with Gasteiger partial charge in [-0.2, -0.15) is 11.8 Å². The molecule has 10 N–H and O–H groups in total. The van der Waals surface area contributed by atoms with Crippen LogP contribution in [0.15, 0.2) is 79.1 Å². The summed E-state index contributed by atoms with van der Waals surface area (Å²) >= 11 is 1.88. The molecular weight excluding hydrogens is 1060 g/mol. The topological polar surface area (TPSA) is 295 Å². The molecule has 23 heteroatoms. The molecule has 0 radical (unpaired) electrons. The third-order valence-electron chi connectivity index (χ3n) is 14.3. The van der Waals surface area contributed by atoms with E-state index in [1.54, 1.807) is 0 Å². The van der Waals surface area contributed by atoms with E-state index >= 15 is 0 Å². The molecule has 4 heterocycles. The standard InChI is InChI=1S/C58H77N11O11S/c59-56-68-53-52(63-38-64-53)55(69-56)79-35-40-22-20-39(21-23-40)34-78-33-32-77-31-30-76-29-28-75-27-26-61-54(72)46(16-9-11-25-62-58(74)80-36-45-43-14-5-3-12-41(43)42-13-4-6-15-44(42)45)65-50(71)19-2-1-10-24-60-49(70)18-8-7-17-48-51-47(37-81-48)66-57(73)67-51/h3-6,12-15,20-23,38,45-48,51H,1-2,7-11,16-19,24-37H2,(H,60,70)(H,61,72)(H,62,74)(H,65,71)(H2,66,67,73)(H3,59,63,64,68,69)/p+1/t46?,47-,48-,51-/m1/s1. The van der Waals surface area contributed by atoms with Gasteiger partial charge in [-0.15, -0.1) is 0 Å². The number of amides is 6. The van der Waals surface area contributed by atoms with Crippen molar-refractivity contribution in [2.24, 2.45) is 0 Å². The number of thioether (sulfide) groups is 1. The smallest absolute Gasteiger partial charge is 0.407 e. The zero-order valence-corrected chi connectivity index (χ0v) is 46.8. The number of imidazole rings is 1. The van der Waals surface area contributed by atoms with Gasteiger partial charge in [0.15, 0.2) is 5.52 Å². The van der Waals surface area contributed by atoms with Gasteiger partial charge in [-0.3, -0.25) is 20.1 Å². The minimum absolute atomic E-state index is 0.0203. The summed E-state index contributed by atoms with van der Waals surface area (Å²) < 4.78 is 34.3. The number of fused-ring (bicyclic) bond motifs is 5. The molecular formula is C58H78N11O11S+. The van der Waals surface area contributed by atoms with Crippen molar-refractivity contribution in [3.63, 3.8) is 0 Å². The molecule has 0 bridgehead atoms. The molecule has 436 valence electrons. The number of anilines is 1. The molecule has 1 unspecified atom stereocenters. The van der Waals surface area contributed by atoms with E-state index in [9.17, 15) is 24.0 Å². The second kappa shape index (κ2) is 32.4. The van der Waals surface area contributed by atoms with Crippen LogP contribution in [-0.4, -0.2) is 146 Å². The Morgan fingerprint density at radius 1 is 0.704 bits per heavy atom. The summed E-state index contributed by atoms with van der Waals surface area (Å²) in [7, 11) is 0. The molecule has 3 aromatic carbocycles. The Balaban J connectivity index is 0.653. The van der Waals surface area contributed by atoms with Crippen LogP contribution < -0.4 is 47.4 Å². The number of hydrogen-bond donors (Lipinski definition) is 8. The van der Waals surface area contributed by atoms with E-state index in [4.69, 9.17) is 34.2 Å². The lowest BCUT2D eigenvalue weighted by molar-refractivity contribution is -0.380. The van der Waals surface area contributed by atoms with Crippen LogP contribution in [0.2, 0.25) is 0 Å². The van der Waals surface area contributed by atoms with E-state index in [-0.39, 0.29) is 73.9 Å². The Kier molecular flexibility index (Phi) is 24.0. The average Bonchev–Trinajstić information content (AvgIpc) is 4.37. The number of unbranched alkanes of at least 4 members (excludes halogenated alkanes) is 4. The number of rotatable bonds is 37. The highest BCUT2D eigenvalue weighted by molar-refractivity contribution is 8.00. The first kappa shape index (κ1) is 60.1. The molecule has 22 nitrogen and oxygen atoms in total. The number of hydrogen-bond acceptors (Lipinski definition) is 15. The van der Waals surface area contributed by atoms with E-state index in [1.807, 2.05) is 60.3 Å². The van der Waals surface area contributed by atoms with Crippen molar-refractivity contribution < 1.29 is 57.4 Å². The number of nitrogens with one attached hydrogen (secondary N) is 8. The van der Waals surface area contributed by atoms with Gasteiger partial charge in [-0.05, 0) is 83.3 Å². The van der Waals surface area contributed by atoms with Gasteiger partial charge >= 0.3 is 18.1 Å². The lowest BCUT2D eigenvalue weighted by Crippen LogP contribution is -2.47. The monoisotopic (exact) mass is 1140 g/mol. The summed E-state index contributed by atoms with van der Waals surface area (Å²) in [6.07, 6.45) is 8.03. The lowest BCUT2D eigenvalue weighted by atomic mass is 9.98. The molecule has 4 atom stereocenters. The molecule has 8 rings (SSSR count). The van der Waals surface area contributed by atoms with E-state index in [0.717, 1.165) is 71.2 Å². The van der Waals surface area contributed by atoms with Crippen LogP contribution >= 0.6 is 11.8 Å². The van der Waals surface area contributed by atoms with Crippen molar-refractivity contribution in [1.29, 1.82) is 0 Å². The number of alkyl carbamates (subject to hydrolysis) is 1. The fraction of sp³-hybridized carbons (Fsp3) is 0.517. The van der Waals surface area contributed by atoms with Gasteiger partial charge in [0.1, 0.15) is 19.3 Å². The Hall–Kier alpha value is -7.05. The van der Waals surface area contributed by atoms with Crippen molar-refractivity contribution >= 4 is 58.7 Å². The minimum Gasteiger partial charge on any atom is -0.461 e. The van der Waals surface area contributed by atoms with Gasteiger partial charge in [-0.1, -0.05) is 85.6 Å². The second-order valence-electron chi connectivity index (χ2n) is 20.2. The number of H-pyrrole nitrogens is 2. The fourth-order valence-corrected chi connectivity index (χ4v) is 11.6. The Morgan fingerprint density at radius 2 is 1.36 bits per heavy atom. The van der Waals surface area contributed by atoms with Gasteiger partial charge in [-0.25, -0.2) is 19.6 Å². The summed E-state index contributed by atoms with van der Waals surface area (Å²) in [6.45, 7) is 4.72. The first-order valence-corrected chi connectivity index (χ1v) is 29.4. The van der Waals surface area contributed by atoms with Crippen molar-refractivity contribution in [3.8, 4) is 17.0 Å². The van der Waals surface area contributed by atoms with Crippen LogP contribution in [-0.2, 0) is 51.3 Å². The third kappa shape index (κ3) is 19.0. The minimum atomic E-state index is -0.770. The maximum atomic E-state index is 13.4. The number of benzene rings is 3. The number of aromatic nitrogens is 4. The molecule has 2 saturated heterocycles. The molecule has 3 aliphatic rings. The van der Waals surface area contributed by atoms with Gasteiger partial charge in [0.05, 0.1) is 71.3 Å². The van der Waals surface area contributed by atoms with Crippen molar-refractivity contribution in [2.75, 3.05) is 84.0 Å². The van der Waals surface area contributed by atoms with Gasteiger partial charge in [0.2, 0.25) is 17.7 Å². The summed E-state index contributed by atoms with van der Waals surface area (Å²) in [5, 5.41) is 18.0. The zero-order valence-electron chi connectivity index (χ0n) is 45.9. The maximum Gasteiger partial charge on any atom is 0.407 e. The quantitative estimate of drug-likeness (QED) is 0.0187. The van der Waals surface area contributed by atoms with E-state index in [1.165, 1.54) is 6.33 Å². The molecule has 1 aliphatic carbocycles. The van der Waals surface area contributed by atoms with Crippen molar-refractivity contribution in [1.82, 2.24) is 46.9 Å². The van der Waals surface area contributed by atoms with Crippen LogP contribution in [0.4, 0.5) is 15.5 Å². The van der Waals surface area contributed by atoms with Gasteiger partial charge in [0, 0.05) is 49.4 Å². The maximum absolute atomic E-state index is 13.4. The third-order valence-corrected chi connectivity index (χ3v) is 15.8. The highest BCUT2D eigenvalue weighted by atomic mass is 32.2. The molecule has 81 heavy (non-hydrogen) atoms. The van der Waals surface area contributed by atoms with Crippen LogP contribution in [0.5, 0.6) is 5.88 Å². The molecule has 2 fully saturated rings. The van der Waals surface area contributed by atoms with Crippen molar-refractivity contribution in [2.45, 2.75) is 113 Å². The average molecular weight is 1140 g/mol. The summed E-state index contributed by atoms with van der Waals surface area (Å²) in [5.74, 6) is 1.05. The summed E-state index contributed by atoms with van der Waals surface area (Å²) in [5.41, 5.74) is 13.5. The van der Waals surface area contributed by atoms with E-state index in [0.29, 0.717) is 120 Å². The number of carbonyl (C=O) groups excluding carboxylic acids is 5. The highest BCUT2D eigenvalue weighted by Crippen LogP contribution is 2.44. The Morgan fingerprint density at radius 3 is 2.11 bits per heavy atom. The number of ether oxygens (including phenoxy) is 6. The zero-order chi connectivity index (χ0) is 56.4. The molecule has 2 aliphatic heterocycles. The fourth-order valence-electron chi connectivity index (χ4n) is 10.1. The molecule has 6 amide bonds. The number of nitrogens with zero attached hydrogens (tertiary/aromatic N) is 2. The number of carbonyl (C=O) groups is 5. The molecule has 5 aromatic rings. The van der Waals surface area contributed by atoms with E-state index in [2.05, 4.69) is 76.1 Å². The highest BCUT2D eigenvalue weighted by Gasteiger charge is 2.42. The Labute approximate surface area is 476 Å². The lowest BCUT2D eigenvalue weighted by Gasteiger charge is -2.19. The predicted octanol–water partition coefficient (Wildman–Crippen LogP) is 5.21. The number of nitrogens with two attached hydrogens (primary N) is 1. The summed E-state index contributed by atoms with van der Waals surface area (Å²) in [6, 6.07) is 23.8. The largest absolute Gasteiger partial charge is 0.461 e. The van der Waals surface area contributed by atoms with Crippen molar-refractivity contribution in [3.05, 3.63) is 101 Å². The molecule has 0 spiro atoms. The van der Waals surface area contributed by atoms with Crippen LogP contribution in [0.25, 0.3) is 22.3 Å². The molecule has 2 aromatic heterocycles. The second-order valence-corrected chi connectivity index (χ2v) is 21.5. The van der Waals surface area contributed by atoms with Gasteiger partial charge < -0.3 is 65.3 Å². The van der Waals surface area contributed by atoms with Gasteiger partial charge in [0.25, 0.3) is 11.5 Å². The number of aromatic amines is 2. The van der Waals surface area contributed by atoms with Crippen LogP contribution in [0.3, 0.4) is 0 Å². The SMILES string of the molecule is Nc1nc2nc[nH]c2c(OCc2ccc(COCCOCCOCCOCCNC(=O)C(CCCCNC(=O)OCC3c4ccccc4-c4ccccc43)NC(=O)CCCCCNC(=O)CCCC[C@H]3SC[C@H]4NC(=O)N[C@H]43)cc2)[nH+]1. The first-order valence-electron chi connectivity index (χ1n) is 28.3. The molecule has 0 saturated carbocycles. The predicted molar refractivity (Wildman–Crippen MR) is 305 cm³/mol. The number of nitrogen functional groups attached to an aromatic ring is 1. The first-order chi connectivity index (χ1) is 39.7. The van der Waals surface area contributed by atoms with Crippen LogP contribution in [0.1, 0.15) is 98.8 Å². The summed E-state index contributed by atoms with van der Waals surface area (Å²) in [4.78, 5) is 77.6.